The van der Waals surface area contributed by atoms with Gasteiger partial charge in [-0.15, -0.1) is 0 Å². The van der Waals surface area contributed by atoms with E-state index in [4.69, 9.17) is 9.47 Å². The Morgan fingerprint density at radius 2 is 1.75 bits per heavy atom. The van der Waals surface area contributed by atoms with Gasteiger partial charge >= 0.3 is 0 Å². The lowest BCUT2D eigenvalue weighted by atomic mass is 10.1. The van der Waals surface area contributed by atoms with Gasteiger partial charge in [0.1, 0.15) is 22.7 Å². The first-order valence-electron chi connectivity index (χ1n) is 4.77. The third-order valence-corrected chi connectivity index (χ3v) is 2.36. The minimum atomic E-state index is 0.374. The Morgan fingerprint density at radius 1 is 1.06 bits per heavy atom. The normalized spacial score (nSPS) is 10.1. The highest BCUT2D eigenvalue weighted by molar-refractivity contribution is 5.92. The zero-order chi connectivity index (χ0) is 11.5. The van der Waals surface area contributed by atoms with E-state index in [0.29, 0.717) is 29.0 Å². The Balaban J connectivity index is 2.79. The highest BCUT2D eigenvalue weighted by atomic mass is 16.5. The molecule has 1 heterocycles. The number of ether oxygens (including phenoxy) is 2. The number of fused-ring (bicyclic) bond motifs is 1. The molecule has 0 amide bonds. The van der Waals surface area contributed by atoms with Crippen LogP contribution in [0.4, 0.5) is 0 Å². The topological polar surface area (TPSA) is 48.4 Å². The zero-order valence-corrected chi connectivity index (χ0v) is 9.06. The van der Waals surface area contributed by atoms with Gasteiger partial charge in [-0.3, -0.25) is 4.79 Å². The van der Waals surface area contributed by atoms with Crippen molar-refractivity contribution in [3.05, 3.63) is 30.0 Å². The average Bonchev–Trinajstić information content (AvgIpc) is 2.36. The predicted molar refractivity (Wildman–Crippen MR) is 60.2 cm³/mol. The summed E-state index contributed by atoms with van der Waals surface area (Å²) in [5.74, 6) is 1.33. The lowest BCUT2D eigenvalue weighted by Gasteiger charge is -2.08. The van der Waals surface area contributed by atoms with Gasteiger partial charge in [-0.1, -0.05) is 0 Å². The number of aldehydes is 1. The molecule has 0 saturated carbocycles. The Hall–Kier alpha value is -2.10. The summed E-state index contributed by atoms with van der Waals surface area (Å²) >= 11 is 0. The molecule has 0 spiro atoms. The van der Waals surface area contributed by atoms with Crippen molar-refractivity contribution in [2.75, 3.05) is 14.2 Å². The van der Waals surface area contributed by atoms with Crippen molar-refractivity contribution < 1.29 is 14.3 Å². The number of rotatable bonds is 3. The number of nitrogens with zero attached hydrogens (tertiary/aromatic N) is 1. The van der Waals surface area contributed by atoms with Crippen molar-refractivity contribution in [2.24, 2.45) is 0 Å². The van der Waals surface area contributed by atoms with Crippen molar-refractivity contribution in [2.45, 2.75) is 0 Å². The van der Waals surface area contributed by atoms with E-state index >= 15 is 0 Å². The van der Waals surface area contributed by atoms with Crippen molar-refractivity contribution in [1.82, 2.24) is 4.98 Å². The van der Waals surface area contributed by atoms with Crippen LogP contribution in [0.2, 0.25) is 0 Å². The molecule has 1 aromatic carbocycles. The summed E-state index contributed by atoms with van der Waals surface area (Å²) in [6.45, 7) is 0. The van der Waals surface area contributed by atoms with Crippen LogP contribution < -0.4 is 9.47 Å². The minimum absolute atomic E-state index is 0.374. The molecule has 0 aliphatic heterocycles. The van der Waals surface area contributed by atoms with Gasteiger partial charge in [0.2, 0.25) is 0 Å². The molecular formula is C12H11NO3. The predicted octanol–water partition coefficient (Wildman–Crippen LogP) is 2.06. The van der Waals surface area contributed by atoms with Crippen molar-refractivity contribution >= 4 is 17.2 Å². The molecule has 2 rings (SSSR count). The molecule has 4 heteroatoms. The molecule has 0 N–H and O–H groups in total. The Labute approximate surface area is 92.8 Å². The molecule has 1 aromatic heterocycles. The summed E-state index contributed by atoms with van der Waals surface area (Å²) < 4.78 is 10.4. The Bertz CT molecular complexity index is 537. The molecule has 2 aromatic rings. The maximum atomic E-state index is 10.7. The molecule has 0 saturated heterocycles. The van der Waals surface area contributed by atoms with Crippen molar-refractivity contribution in [1.29, 1.82) is 0 Å². The van der Waals surface area contributed by atoms with Crippen molar-refractivity contribution in [3.8, 4) is 11.5 Å². The van der Waals surface area contributed by atoms with Crippen LogP contribution in [-0.4, -0.2) is 25.5 Å². The molecule has 0 fully saturated rings. The first kappa shape index (κ1) is 10.4. The smallest absolute Gasteiger partial charge is 0.168 e. The molecule has 0 atom stereocenters. The molecule has 0 aliphatic rings. The van der Waals surface area contributed by atoms with Crippen molar-refractivity contribution in [3.63, 3.8) is 0 Å². The van der Waals surface area contributed by atoms with Crippen LogP contribution in [0, 0.1) is 0 Å². The monoisotopic (exact) mass is 217 g/mol. The molecule has 0 aliphatic carbocycles. The van der Waals surface area contributed by atoms with E-state index in [2.05, 4.69) is 4.98 Å². The summed E-state index contributed by atoms with van der Waals surface area (Å²) in [4.78, 5) is 14.9. The van der Waals surface area contributed by atoms with E-state index in [-0.39, 0.29) is 0 Å². The fourth-order valence-electron chi connectivity index (χ4n) is 1.59. The number of carbonyl (C=O) groups is 1. The average molecular weight is 217 g/mol. The molecular weight excluding hydrogens is 206 g/mol. The van der Waals surface area contributed by atoms with Gasteiger partial charge in [-0.25, -0.2) is 4.98 Å². The van der Waals surface area contributed by atoms with Crippen LogP contribution in [0.3, 0.4) is 0 Å². The number of hydrogen-bond donors (Lipinski definition) is 0. The van der Waals surface area contributed by atoms with Gasteiger partial charge in [0.15, 0.2) is 6.29 Å². The second-order valence-electron chi connectivity index (χ2n) is 3.22. The summed E-state index contributed by atoms with van der Waals surface area (Å²) in [6.07, 6.45) is 0.707. The highest BCUT2D eigenvalue weighted by Crippen LogP contribution is 2.31. The van der Waals surface area contributed by atoms with Gasteiger partial charge in [-0.2, -0.15) is 0 Å². The van der Waals surface area contributed by atoms with Crippen LogP contribution in [-0.2, 0) is 0 Å². The molecule has 82 valence electrons. The van der Waals surface area contributed by atoms with E-state index in [9.17, 15) is 4.79 Å². The Kier molecular flexibility index (Phi) is 2.72. The van der Waals surface area contributed by atoms with Crippen LogP contribution in [0.1, 0.15) is 10.5 Å². The van der Waals surface area contributed by atoms with Gasteiger partial charge < -0.3 is 9.47 Å². The Morgan fingerprint density at radius 3 is 2.38 bits per heavy atom. The summed E-state index contributed by atoms with van der Waals surface area (Å²) in [5.41, 5.74) is 1.01. The molecule has 16 heavy (non-hydrogen) atoms. The third kappa shape index (κ3) is 1.58. The van der Waals surface area contributed by atoms with Gasteiger partial charge in [0.25, 0.3) is 0 Å². The fraction of sp³-hybridized carbons (Fsp3) is 0.167. The van der Waals surface area contributed by atoms with Crippen LogP contribution >= 0.6 is 0 Å². The number of hydrogen-bond acceptors (Lipinski definition) is 4. The maximum Gasteiger partial charge on any atom is 0.168 e. The van der Waals surface area contributed by atoms with Gasteiger partial charge in [0, 0.05) is 5.39 Å². The van der Waals surface area contributed by atoms with Crippen LogP contribution in [0.5, 0.6) is 11.5 Å². The summed E-state index contributed by atoms with van der Waals surface area (Å²) in [5, 5.41) is 0.826. The first-order valence-corrected chi connectivity index (χ1v) is 4.77. The standard InChI is InChI=1S/C12H11NO3/c1-15-10-5-6-11(16-2)12-9(10)4-3-8(7-14)13-12/h3-7H,1-2H3. The summed E-state index contributed by atoms with van der Waals surface area (Å²) in [7, 11) is 3.16. The number of benzene rings is 1. The number of carbonyl (C=O) groups excluding carboxylic acids is 1. The van der Waals surface area contributed by atoms with E-state index in [1.807, 2.05) is 6.07 Å². The van der Waals surface area contributed by atoms with E-state index < -0.39 is 0 Å². The molecule has 0 unspecified atom stereocenters. The summed E-state index contributed by atoms with van der Waals surface area (Å²) in [6, 6.07) is 7.02. The van der Waals surface area contributed by atoms with Crippen LogP contribution in [0.15, 0.2) is 24.3 Å². The molecule has 4 nitrogen and oxygen atoms in total. The van der Waals surface area contributed by atoms with Crippen LogP contribution in [0.25, 0.3) is 10.9 Å². The number of aromatic nitrogens is 1. The quantitative estimate of drug-likeness (QED) is 0.738. The molecule has 0 bridgehead atoms. The highest BCUT2D eigenvalue weighted by Gasteiger charge is 2.08. The maximum absolute atomic E-state index is 10.7. The fourth-order valence-corrected chi connectivity index (χ4v) is 1.59. The first-order chi connectivity index (χ1) is 7.80. The SMILES string of the molecule is COc1ccc(OC)c2nc(C=O)ccc12. The lowest BCUT2D eigenvalue weighted by molar-refractivity contribution is 0.111. The van der Waals surface area contributed by atoms with Gasteiger partial charge in [0.05, 0.1) is 14.2 Å². The van der Waals surface area contributed by atoms with Gasteiger partial charge in [-0.05, 0) is 24.3 Å². The van der Waals surface area contributed by atoms with E-state index in [1.54, 1.807) is 32.4 Å². The van der Waals surface area contributed by atoms with E-state index in [1.165, 1.54) is 0 Å². The zero-order valence-electron chi connectivity index (χ0n) is 9.06. The largest absolute Gasteiger partial charge is 0.496 e. The third-order valence-electron chi connectivity index (χ3n) is 2.36. The van der Waals surface area contributed by atoms with E-state index in [0.717, 1.165) is 5.39 Å². The minimum Gasteiger partial charge on any atom is -0.496 e. The second-order valence-corrected chi connectivity index (χ2v) is 3.22. The molecule has 0 radical (unpaired) electrons. The number of methoxy groups -OCH3 is 2. The second kappa shape index (κ2) is 4.18. The number of pyridine rings is 1. The lowest BCUT2D eigenvalue weighted by Crippen LogP contribution is -1.94.